The van der Waals surface area contributed by atoms with Crippen LogP contribution in [0.25, 0.3) is 34.1 Å². The summed E-state index contributed by atoms with van der Waals surface area (Å²) in [5.74, 6) is 0.314. The summed E-state index contributed by atoms with van der Waals surface area (Å²) in [5, 5.41) is 21.4. The number of ether oxygens (including phenoxy) is 2. The molecule has 3 heterocycles. The van der Waals surface area contributed by atoms with Gasteiger partial charge >= 0.3 is 0 Å². The standard InChI is InChI=1S/C23H20O6/c1-22(2)7-5-11-15(28-22)9-13(24)18-19(26)17-12-6-8-23(3,4)29-20(12)14(25)10-16(17)27-21(11)18/h5-10,24-25H,1-4H3. The van der Waals surface area contributed by atoms with Crippen LogP contribution in [0, 0.1) is 0 Å². The SMILES string of the molecule is CC1(C)C=Cc2c(cc(O)c3c(=O)c4c5c(c(O)cc4oc23)OC(C)(C)C=C5)O1. The highest BCUT2D eigenvalue weighted by molar-refractivity contribution is 6.02. The molecule has 29 heavy (non-hydrogen) atoms. The zero-order valence-corrected chi connectivity index (χ0v) is 16.5. The molecule has 1 aromatic heterocycles. The molecule has 0 saturated heterocycles. The minimum atomic E-state index is -0.620. The molecule has 3 aromatic rings. The highest BCUT2D eigenvalue weighted by Crippen LogP contribution is 2.45. The van der Waals surface area contributed by atoms with Gasteiger partial charge < -0.3 is 24.1 Å². The molecule has 0 amide bonds. The fourth-order valence-electron chi connectivity index (χ4n) is 3.85. The Kier molecular flexibility index (Phi) is 3.26. The maximum atomic E-state index is 13.4. The molecule has 0 radical (unpaired) electrons. The van der Waals surface area contributed by atoms with Gasteiger partial charge in [-0.25, -0.2) is 0 Å². The van der Waals surface area contributed by atoms with Crippen LogP contribution >= 0.6 is 0 Å². The molecule has 2 aliphatic heterocycles. The second-order valence-corrected chi connectivity index (χ2v) is 8.53. The fourth-order valence-corrected chi connectivity index (χ4v) is 3.85. The summed E-state index contributed by atoms with van der Waals surface area (Å²) in [6.45, 7) is 7.49. The van der Waals surface area contributed by atoms with Crippen LogP contribution in [0.1, 0.15) is 38.8 Å². The zero-order valence-electron chi connectivity index (χ0n) is 16.5. The molecule has 2 aliphatic rings. The molecule has 0 saturated carbocycles. The fraction of sp³-hybridized carbons (Fsp3) is 0.261. The van der Waals surface area contributed by atoms with Gasteiger partial charge in [0.15, 0.2) is 17.1 Å². The van der Waals surface area contributed by atoms with E-state index in [4.69, 9.17) is 13.9 Å². The van der Waals surface area contributed by atoms with E-state index in [2.05, 4.69) is 0 Å². The van der Waals surface area contributed by atoms with E-state index in [1.54, 1.807) is 6.08 Å². The average molecular weight is 392 g/mol. The second kappa shape index (κ2) is 5.35. The van der Waals surface area contributed by atoms with Gasteiger partial charge in [-0.2, -0.15) is 0 Å². The van der Waals surface area contributed by atoms with Gasteiger partial charge in [0.05, 0.1) is 10.9 Å². The minimum absolute atomic E-state index is 0.0651. The van der Waals surface area contributed by atoms with E-state index in [1.165, 1.54) is 12.1 Å². The molecule has 148 valence electrons. The first-order valence-corrected chi connectivity index (χ1v) is 9.35. The summed E-state index contributed by atoms with van der Waals surface area (Å²) >= 11 is 0. The van der Waals surface area contributed by atoms with E-state index >= 15 is 0 Å². The van der Waals surface area contributed by atoms with Crippen molar-refractivity contribution in [2.24, 2.45) is 0 Å². The number of phenols is 2. The van der Waals surface area contributed by atoms with Crippen LogP contribution in [-0.2, 0) is 0 Å². The van der Waals surface area contributed by atoms with Gasteiger partial charge in [-0.05, 0) is 45.9 Å². The molecule has 6 heteroatoms. The third kappa shape index (κ3) is 2.52. The number of phenolic OH excluding ortho intramolecular Hbond substituents is 2. The van der Waals surface area contributed by atoms with E-state index in [9.17, 15) is 15.0 Å². The minimum Gasteiger partial charge on any atom is -0.507 e. The van der Waals surface area contributed by atoms with Crippen LogP contribution < -0.4 is 14.9 Å². The average Bonchev–Trinajstić information content (AvgIpc) is 2.60. The van der Waals surface area contributed by atoms with Gasteiger partial charge in [0.1, 0.15) is 33.7 Å². The predicted molar refractivity (Wildman–Crippen MR) is 111 cm³/mol. The van der Waals surface area contributed by atoms with E-state index in [-0.39, 0.29) is 39.2 Å². The van der Waals surface area contributed by atoms with Crippen LogP contribution in [-0.4, -0.2) is 21.4 Å². The Morgan fingerprint density at radius 3 is 2.21 bits per heavy atom. The molecule has 0 unspecified atom stereocenters. The molecular formula is C23H20O6. The van der Waals surface area contributed by atoms with E-state index in [1.807, 2.05) is 45.9 Å². The number of hydrogen-bond donors (Lipinski definition) is 2. The van der Waals surface area contributed by atoms with E-state index in [0.29, 0.717) is 16.9 Å². The highest BCUT2D eigenvalue weighted by atomic mass is 16.5. The van der Waals surface area contributed by atoms with Crippen molar-refractivity contribution in [1.82, 2.24) is 0 Å². The Bertz CT molecular complexity index is 1340. The molecule has 5 rings (SSSR count). The van der Waals surface area contributed by atoms with E-state index in [0.717, 1.165) is 0 Å². The normalized spacial score (nSPS) is 18.2. The lowest BCUT2D eigenvalue weighted by Gasteiger charge is -2.29. The van der Waals surface area contributed by atoms with Crippen LogP contribution in [0.15, 0.2) is 33.5 Å². The van der Waals surface area contributed by atoms with Crippen LogP contribution in [0.2, 0.25) is 0 Å². The summed E-state index contributed by atoms with van der Waals surface area (Å²) < 4.78 is 17.8. The third-order valence-corrected chi connectivity index (χ3v) is 5.23. The molecule has 2 aromatic carbocycles. The van der Waals surface area contributed by atoms with Crippen LogP contribution in [0.5, 0.6) is 23.0 Å². The van der Waals surface area contributed by atoms with Crippen molar-refractivity contribution in [3.05, 3.63) is 45.6 Å². The van der Waals surface area contributed by atoms with Crippen molar-refractivity contribution in [3.63, 3.8) is 0 Å². The predicted octanol–water partition coefficient (Wildman–Crippen LogP) is 4.73. The molecule has 0 spiro atoms. The van der Waals surface area contributed by atoms with Crippen molar-refractivity contribution < 1.29 is 24.1 Å². The molecule has 0 bridgehead atoms. The summed E-state index contributed by atoms with van der Waals surface area (Å²) in [6, 6.07) is 2.81. The van der Waals surface area contributed by atoms with Gasteiger partial charge in [-0.3, -0.25) is 4.79 Å². The lowest BCUT2D eigenvalue weighted by Crippen LogP contribution is -2.28. The first-order chi connectivity index (χ1) is 13.6. The van der Waals surface area contributed by atoms with E-state index < -0.39 is 16.6 Å². The van der Waals surface area contributed by atoms with Crippen LogP contribution in [0.4, 0.5) is 0 Å². The summed E-state index contributed by atoms with van der Waals surface area (Å²) in [4.78, 5) is 13.4. The highest BCUT2D eigenvalue weighted by Gasteiger charge is 2.30. The van der Waals surface area contributed by atoms with Crippen molar-refractivity contribution in [3.8, 4) is 23.0 Å². The number of benzene rings is 2. The quantitative estimate of drug-likeness (QED) is 0.538. The smallest absolute Gasteiger partial charge is 0.205 e. The van der Waals surface area contributed by atoms with Gasteiger partial charge in [-0.15, -0.1) is 0 Å². The monoisotopic (exact) mass is 392 g/mol. The topological polar surface area (TPSA) is 89.1 Å². The molecule has 0 atom stereocenters. The first-order valence-electron chi connectivity index (χ1n) is 9.35. The number of fused-ring (bicyclic) bond motifs is 6. The molecule has 0 aliphatic carbocycles. The molecule has 6 nitrogen and oxygen atoms in total. The third-order valence-electron chi connectivity index (χ3n) is 5.23. The molecule has 2 N–H and O–H groups in total. The lowest BCUT2D eigenvalue weighted by atomic mass is 9.96. The Labute approximate surface area is 166 Å². The van der Waals surface area contributed by atoms with Gasteiger partial charge in [0, 0.05) is 17.7 Å². The zero-order chi connectivity index (χ0) is 20.7. The molecule has 0 fully saturated rings. The van der Waals surface area contributed by atoms with Crippen molar-refractivity contribution in [1.29, 1.82) is 0 Å². The number of aromatic hydroxyl groups is 2. The lowest BCUT2D eigenvalue weighted by molar-refractivity contribution is 0.153. The maximum absolute atomic E-state index is 13.4. The summed E-state index contributed by atoms with van der Waals surface area (Å²) in [7, 11) is 0. The number of rotatable bonds is 0. The Morgan fingerprint density at radius 1 is 0.828 bits per heavy atom. The van der Waals surface area contributed by atoms with Crippen molar-refractivity contribution in [2.75, 3.05) is 0 Å². The van der Waals surface area contributed by atoms with Crippen molar-refractivity contribution >= 4 is 34.1 Å². The largest absolute Gasteiger partial charge is 0.507 e. The Morgan fingerprint density at radius 2 is 1.48 bits per heavy atom. The van der Waals surface area contributed by atoms with Crippen molar-refractivity contribution in [2.45, 2.75) is 38.9 Å². The van der Waals surface area contributed by atoms with Gasteiger partial charge in [0.25, 0.3) is 0 Å². The Hall–Kier alpha value is -3.41. The van der Waals surface area contributed by atoms with Gasteiger partial charge in [-0.1, -0.05) is 6.08 Å². The summed E-state index contributed by atoms with van der Waals surface area (Å²) in [5.41, 5.74) is -0.144. The maximum Gasteiger partial charge on any atom is 0.205 e. The first kappa shape index (κ1) is 17.7. The number of hydrogen-bond acceptors (Lipinski definition) is 6. The Balaban J connectivity index is 1.91. The summed E-state index contributed by atoms with van der Waals surface area (Å²) in [6.07, 6.45) is 7.23. The van der Waals surface area contributed by atoms with Crippen LogP contribution in [0.3, 0.4) is 0 Å². The molecular weight excluding hydrogens is 372 g/mol. The second-order valence-electron chi connectivity index (χ2n) is 8.53. The van der Waals surface area contributed by atoms with Gasteiger partial charge in [0.2, 0.25) is 5.43 Å².